The lowest BCUT2D eigenvalue weighted by Crippen LogP contribution is -2.59. The van der Waals surface area contributed by atoms with Crippen LogP contribution in [0.4, 0.5) is 0 Å². The fraction of sp³-hybridized carbons (Fsp3) is 0.586. The average molecular weight is 571 g/mol. The molecule has 3 amide bonds. The van der Waals surface area contributed by atoms with Crippen LogP contribution in [0.5, 0.6) is 0 Å². The van der Waals surface area contributed by atoms with Gasteiger partial charge in [-0.05, 0) is 30.5 Å². The monoisotopic (exact) mass is 570 g/mol. The minimum Gasteiger partial charge on any atom is -0.391 e. The van der Waals surface area contributed by atoms with Crippen molar-refractivity contribution >= 4 is 29.1 Å². The average Bonchev–Trinajstić information content (AvgIpc) is 3.52. The van der Waals surface area contributed by atoms with E-state index in [2.05, 4.69) is 32.5 Å². The number of aliphatic hydroxyl groups is 1. The molecular formula is C29H42N6O4S. The third-order valence-corrected chi connectivity index (χ3v) is 8.65. The summed E-state index contributed by atoms with van der Waals surface area (Å²) in [6, 6.07) is 6.32. The summed E-state index contributed by atoms with van der Waals surface area (Å²) in [5.41, 5.74) is 4.24. The number of benzene rings is 1. The molecule has 0 bridgehead atoms. The number of likely N-dealkylation sites (tertiary alicyclic amines) is 1. The Morgan fingerprint density at radius 2 is 1.80 bits per heavy atom. The molecule has 0 aliphatic carbocycles. The van der Waals surface area contributed by atoms with Gasteiger partial charge in [0.05, 0.1) is 28.7 Å². The van der Waals surface area contributed by atoms with Crippen molar-refractivity contribution in [2.45, 2.75) is 58.8 Å². The first kappa shape index (κ1) is 30.1. The molecule has 0 radical (unpaired) electrons. The number of amides is 3. The van der Waals surface area contributed by atoms with Crippen LogP contribution in [0.2, 0.25) is 0 Å². The SMILES string of the molecule is Cc1ncsc1-c1ccc(CNC(=O)[C@@H]2C[C@H](O)CN2C(=O)[C@@H](NC(=O)CN2CCN(C)CC2)C(C)(C)C)cc1. The zero-order chi connectivity index (χ0) is 29.0. The van der Waals surface area contributed by atoms with Gasteiger partial charge in [-0.25, -0.2) is 4.98 Å². The third kappa shape index (κ3) is 7.45. The van der Waals surface area contributed by atoms with Crippen LogP contribution in [0.1, 0.15) is 38.4 Å². The summed E-state index contributed by atoms with van der Waals surface area (Å²) in [4.78, 5) is 51.1. The van der Waals surface area contributed by atoms with Gasteiger partial charge in [-0.2, -0.15) is 0 Å². The summed E-state index contributed by atoms with van der Waals surface area (Å²) >= 11 is 1.59. The molecule has 2 saturated heterocycles. The standard InChI is InChI=1S/C29H42N6O4S/c1-19-25(40-18-31-19)21-8-6-20(7-9-21)15-30-27(38)23-14-22(36)16-35(23)28(39)26(29(2,3)4)32-24(37)17-34-12-10-33(5)11-13-34/h6-9,18,22-23,26,36H,10-17H2,1-5H3,(H,30,38)(H,32,37)/t22-,23-,26+/m0/s1. The lowest BCUT2D eigenvalue weighted by Gasteiger charge is -2.36. The molecule has 10 nitrogen and oxygen atoms in total. The van der Waals surface area contributed by atoms with Crippen molar-refractivity contribution in [1.82, 2.24) is 30.3 Å². The first-order valence-electron chi connectivity index (χ1n) is 13.9. The highest BCUT2D eigenvalue weighted by Gasteiger charge is 2.44. The Kier molecular flexibility index (Phi) is 9.60. The van der Waals surface area contributed by atoms with Crippen molar-refractivity contribution in [1.29, 1.82) is 0 Å². The van der Waals surface area contributed by atoms with Gasteiger partial charge in [-0.3, -0.25) is 19.3 Å². The van der Waals surface area contributed by atoms with E-state index in [1.54, 1.807) is 11.3 Å². The number of carbonyl (C=O) groups excluding carboxylic acids is 3. The number of aryl methyl sites for hydroxylation is 1. The van der Waals surface area contributed by atoms with Gasteiger partial charge in [0.2, 0.25) is 17.7 Å². The van der Waals surface area contributed by atoms with Gasteiger partial charge in [0.15, 0.2) is 0 Å². The molecule has 11 heteroatoms. The van der Waals surface area contributed by atoms with Crippen LogP contribution in [0, 0.1) is 12.3 Å². The van der Waals surface area contributed by atoms with Crippen LogP contribution < -0.4 is 10.6 Å². The molecule has 40 heavy (non-hydrogen) atoms. The molecule has 4 rings (SSSR count). The number of nitrogens with zero attached hydrogens (tertiary/aromatic N) is 4. The fourth-order valence-corrected chi connectivity index (χ4v) is 6.01. The van der Waals surface area contributed by atoms with E-state index in [9.17, 15) is 19.5 Å². The Bertz CT molecular complexity index is 1190. The Morgan fingerprint density at radius 3 is 2.40 bits per heavy atom. The van der Waals surface area contributed by atoms with Crippen molar-refractivity contribution in [3.05, 3.63) is 41.0 Å². The molecule has 2 aliphatic heterocycles. The van der Waals surface area contributed by atoms with E-state index < -0.39 is 23.6 Å². The van der Waals surface area contributed by atoms with Gasteiger partial charge in [0.1, 0.15) is 12.1 Å². The number of carbonyl (C=O) groups is 3. The van der Waals surface area contributed by atoms with Gasteiger partial charge in [0.25, 0.3) is 0 Å². The first-order valence-corrected chi connectivity index (χ1v) is 14.8. The lowest BCUT2D eigenvalue weighted by atomic mass is 9.85. The maximum absolute atomic E-state index is 13.8. The Balaban J connectivity index is 1.38. The number of thiazole rings is 1. The van der Waals surface area contributed by atoms with E-state index in [0.29, 0.717) is 6.54 Å². The topological polar surface area (TPSA) is 118 Å². The zero-order valence-electron chi connectivity index (χ0n) is 24.1. The molecule has 3 N–H and O–H groups in total. The largest absolute Gasteiger partial charge is 0.391 e. The number of rotatable bonds is 8. The minimum atomic E-state index is -0.823. The number of β-amino-alcohol motifs (C(OH)–C–C–N with tert-alkyl or cyclic N) is 1. The molecule has 0 saturated carbocycles. The molecule has 218 valence electrons. The summed E-state index contributed by atoms with van der Waals surface area (Å²) in [7, 11) is 2.06. The molecule has 2 aromatic rings. The van der Waals surface area contributed by atoms with Gasteiger partial charge >= 0.3 is 0 Å². The second-order valence-electron chi connectivity index (χ2n) is 12.0. The van der Waals surface area contributed by atoms with E-state index in [-0.39, 0.29) is 37.2 Å². The molecule has 2 fully saturated rings. The van der Waals surface area contributed by atoms with E-state index in [1.165, 1.54) is 4.90 Å². The van der Waals surface area contributed by atoms with Crippen molar-refractivity contribution in [2.24, 2.45) is 5.41 Å². The Labute approximate surface area is 240 Å². The smallest absolute Gasteiger partial charge is 0.246 e. The molecule has 3 atom stereocenters. The zero-order valence-corrected chi connectivity index (χ0v) is 25.0. The second kappa shape index (κ2) is 12.8. The van der Waals surface area contributed by atoms with Crippen molar-refractivity contribution in [2.75, 3.05) is 46.3 Å². The minimum absolute atomic E-state index is 0.0563. The van der Waals surface area contributed by atoms with Gasteiger partial charge < -0.3 is 25.5 Å². The number of piperazine rings is 1. The van der Waals surface area contributed by atoms with E-state index in [4.69, 9.17) is 0 Å². The maximum atomic E-state index is 13.8. The van der Waals surface area contributed by atoms with Crippen LogP contribution in [0.3, 0.4) is 0 Å². The van der Waals surface area contributed by atoms with Crippen LogP contribution in [-0.4, -0.2) is 107 Å². The van der Waals surface area contributed by atoms with E-state index in [1.807, 2.05) is 57.5 Å². The summed E-state index contributed by atoms with van der Waals surface area (Å²) in [5.74, 6) is -0.876. The number of aromatic nitrogens is 1. The summed E-state index contributed by atoms with van der Waals surface area (Å²) in [5, 5.41) is 16.3. The van der Waals surface area contributed by atoms with Crippen molar-refractivity contribution < 1.29 is 19.5 Å². The summed E-state index contributed by atoms with van der Waals surface area (Å²) in [6.45, 7) is 11.6. The second-order valence-corrected chi connectivity index (χ2v) is 12.9. The number of hydrogen-bond donors (Lipinski definition) is 3. The maximum Gasteiger partial charge on any atom is 0.246 e. The quantitative estimate of drug-likeness (QED) is 0.440. The third-order valence-electron chi connectivity index (χ3n) is 7.67. The highest BCUT2D eigenvalue weighted by molar-refractivity contribution is 7.13. The lowest BCUT2D eigenvalue weighted by molar-refractivity contribution is -0.144. The van der Waals surface area contributed by atoms with Crippen LogP contribution in [0.15, 0.2) is 29.8 Å². The highest BCUT2D eigenvalue weighted by atomic mass is 32.1. The molecular weight excluding hydrogens is 528 g/mol. The molecule has 0 spiro atoms. The van der Waals surface area contributed by atoms with Gasteiger partial charge in [-0.1, -0.05) is 45.0 Å². The summed E-state index contributed by atoms with van der Waals surface area (Å²) < 4.78 is 0. The van der Waals surface area contributed by atoms with Crippen molar-refractivity contribution in [3.63, 3.8) is 0 Å². The molecule has 2 aliphatic rings. The van der Waals surface area contributed by atoms with E-state index >= 15 is 0 Å². The van der Waals surface area contributed by atoms with Gasteiger partial charge in [-0.15, -0.1) is 11.3 Å². The van der Waals surface area contributed by atoms with E-state index in [0.717, 1.165) is 47.9 Å². The predicted octanol–water partition coefficient (Wildman–Crippen LogP) is 1.47. The highest BCUT2D eigenvalue weighted by Crippen LogP contribution is 2.28. The molecule has 1 aromatic carbocycles. The van der Waals surface area contributed by atoms with Gasteiger partial charge in [0, 0.05) is 45.7 Å². The molecule has 3 heterocycles. The first-order chi connectivity index (χ1) is 18.9. The Morgan fingerprint density at radius 1 is 1.12 bits per heavy atom. The molecule has 1 aromatic heterocycles. The number of aliphatic hydroxyl groups excluding tert-OH is 1. The van der Waals surface area contributed by atoms with Crippen LogP contribution in [-0.2, 0) is 20.9 Å². The number of nitrogens with one attached hydrogen (secondary N) is 2. The van der Waals surface area contributed by atoms with Crippen LogP contribution in [0.25, 0.3) is 10.4 Å². The normalized spacial score (nSPS) is 21.3. The summed E-state index contributed by atoms with van der Waals surface area (Å²) in [6.07, 6.45) is -0.643. The van der Waals surface area contributed by atoms with Crippen LogP contribution >= 0.6 is 11.3 Å². The fourth-order valence-electron chi connectivity index (χ4n) is 5.20. The van der Waals surface area contributed by atoms with Crippen molar-refractivity contribution in [3.8, 4) is 10.4 Å². The predicted molar refractivity (Wildman–Crippen MR) is 156 cm³/mol. The number of likely N-dealkylation sites (N-methyl/N-ethyl adjacent to an activating group) is 1. The molecule has 0 unspecified atom stereocenters. The number of hydrogen-bond acceptors (Lipinski definition) is 8. The Hall–Kier alpha value is -2.86.